The Kier molecular flexibility index (Phi) is 5.98. The van der Waals surface area contributed by atoms with Crippen LogP contribution in [0.1, 0.15) is 37.0 Å². The molecule has 0 bridgehead atoms. The summed E-state index contributed by atoms with van der Waals surface area (Å²) in [7, 11) is 1.96. The van der Waals surface area contributed by atoms with Gasteiger partial charge in [-0.25, -0.2) is 4.79 Å². The van der Waals surface area contributed by atoms with Gasteiger partial charge in [0, 0.05) is 36.4 Å². The second-order valence-corrected chi connectivity index (χ2v) is 6.19. The van der Waals surface area contributed by atoms with Crippen LogP contribution in [0.15, 0.2) is 24.3 Å². The molecule has 1 aliphatic rings. The molecule has 0 aromatic heterocycles. The van der Waals surface area contributed by atoms with Gasteiger partial charge in [0.25, 0.3) is 5.91 Å². The summed E-state index contributed by atoms with van der Waals surface area (Å²) in [6.07, 6.45) is 1.97. The molecule has 0 saturated carbocycles. The van der Waals surface area contributed by atoms with Crippen molar-refractivity contribution in [2.75, 3.05) is 25.5 Å². The van der Waals surface area contributed by atoms with Gasteiger partial charge in [-0.1, -0.05) is 0 Å². The Morgan fingerprint density at radius 3 is 2.26 bits per heavy atom. The van der Waals surface area contributed by atoms with E-state index in [1.165, 1.54) is 0 Å². The lowest BCUT2D eigenvalue weighted by molar-refractivity contribution is 0.0707. The van der Waals surface area contributed by atoms with Gasteiger partial charge in [0.2, 0.25) is 0 Å². The molecule has 1 heterocycles. The fraction of sp³-hybridized carbons (Fsp3) is 0.529. The maximum absolute atomic E-state index is 12.5. The van der Waals surface area contributed by atoms with Gasteiger partial charge in [0.15, 0.2) is 0 Å². The van der Waals surface area contributed by atoms with Crippen molar-refractivity contribution in [2.45, 2.75) is 38.8 Å². The lowest BCUT2D eigenvalue weighted by atomic mass is 10.0. The van der Waals surface area contributed by atoms with Gasteiger partial charge >= 0.3 is 6.03 Å². The molecule has 6 heteroatoms. The van der Waals surface area contributed by atoms with Crippen LogP contribution in [0.4, 0.5) is 10.5 Å². The SMILES string of the molecule is CNC1CCN(C(=O)c2ccc(NC(=O)NC(C)C)cc2)CC1. The Hall–Kier alpha value is -2.08. The number of amides is 3. The third-order valence-electron chi connectivity index (χ3n) is 4.00. The molecule has 3 N–H and O–H groups in total. The lowest BCUT2D eigenvalue weighted by Crippen LogP contribution is -2.43. The first-order valence-electron chi connectivity index (χ1n) is 8.13. The van der Waals surface area contributed by atoms with Gasteiger partial charge < -0.3 is 20.9 Å². The molecule has 23 heavy (non-hydrogen) atoms. The van der Waals surface area contributed by atoms with Crippen LogP contribution in [0, 0.1) is 0 Å². The summed E-state index contributed by atoms with van der Waals surface area (Å²) in [5.74, 6) is 0.0535. The van der Waals surface area contributed by atoms with E-state index < -0.39 is 0 Å². The predicted octanol–water partition coefficient (Wildman–Crippen LogP) is 2.04. The van der Waals surface area contributed by atoms with Crippen molar-refractivity contribution >= 4 is 17.6 Å². The molecule has 0 unspecified atom stereocenters. The molecule has 3 amide bonds. The van der Waals surface area contributed by atoms with E-state index in [9.17, 15) is 9.59 Å². The third-order valence-corrected chi connectivity index (χ3v) is 4.00. The number of rotatable bonds is 4. The smallest absolute Gasteiger partial charge is 0.319 e. The maximum atomic E-state index is 12.5. The predicted molar refractivity (Wildman–Crippen MR) is 91.7 cm³/mol. The summed E-state index contributed by atoms with van der Waals surface area (Å²) >= 11 is 0. The number of benzene rings is 1. The minimum atomic E-state index is -0.242. The van der Waals surface area contributed by atoms with E-state index in [-0.39, 0.29) is 18.0 Å². The van der Waals surface area contributed by atoms with E-state index in [0.29, 0.717) is 17.3 Å². The molecular weight excluding hydrogens is 292 g/mol. The molecule has 1 aromatic carbocycles. The van der Waals surface area contributed by atoms with E-state index in [1.807, 2.05) is 25.8 Å². The second kappa shape index (κ2) is 7.97. The van der Waals surface area contributed by atoms with Crippen molar-refractivity contribution in [1.29, 1.82) is 0 Å². The van der Waals surface area contributed by atoms with Crippen LogP contribution in [0.2, 0.25) is 0 Å². The lowest BCUT2D eigenvalue weighted by Gasteiger charge is -2.31. The van der Waals surface area contributed by atoms with Crippen molar-refractivity contribution in [2.24, 2.45) is 0 Å². The highest BCUT2D eigenvalue weighted by atomic mass is 16.2. The standard InChI is InChI=1S/C17H26N4O2/c1-12(2)19-17(23)20-15-6-4-13(5-7-15)16(22)21-10-8-14(18-3)9-11-21/h4-7,12,14,18H,8-11H2,1-3H3,(H2,19,20,23). The van der Waals surface area contributed by atoms with E-state index in [2.05, 4.69) is 16.0 Å². The number of piperidine rings is 1. The van der Waals surface area contributed by atoms with Crippen molar-refractivity contribution in [3.63, 3.8) is 0 Å². The van der Waals surface area contributed by atoms with Gasteiger partial charge in [-0.3, -0.25) is 4.79 Å². The zero-order valence-corrected chi connectivity index (χ0v) is 14.1. The number of anilines is 1. The van der Waals surface area contributed by atoms with Crippen LogP contribution in [0.25, 0.3) is 0 Å². The molecule has 1 saturated heterocycles. The van der Waals surface area contributed by atoms with Crippen molar-refractivity contribution in [1.82, 2.24) is 15.5 Å². The molecule has 0 aliphatic carbocycles. The van der Waals surface area contributed by atoms with E-state index in [0.717, 1.165) is 25.9 Å². The molecule has 0 radical (unpaired) electrons. The summed E-state index contributed by atoms with van der Waals surface area (Å²) in [6.45, 7) is 5.36. The average molecular weight is 318 g/mol. The minimum Gasteiger partial charge on any atom is -0.339 e. The largest absolute Gasteiger partial charge is 0.339 e. The Balaban J connectivity index is 1.91. The molecule has 126 valence electrons. The van der Waals surface area contributed by atoms with Gasteiger partial charge in [-0.15, -0.1) is 0 Å². The summed E-state index contributed by atoms with van der Waals surface area (Å²) in [5, 5.41) is 8.77. The van der Waals surface area contributed by atoms with Crippen LogP contribution >= 0.6 is 0 Å². The second-order valence-electron chi connectivity index (χ2n) is 6.19. The highest BCUT2D eigenvalue weighted by Gasteiger charge is 2.22. The molecule has 2 rings (SSSR count). The van der Waals surface area contributed by atoms with E-state index >= 15 is 0 Å². The molecule has 1 fully saturated rings. The Bertz CT molecular complexity index is 534. The van der Waals surface area contributed by atoms with Gasteiger partial charge in [-0.05, 0) is 58.0 Å². The Labute approximate surface area is 137 Å². The van der Waals surface area contributed by atoms with Crippen molar-refractivity contribution in [3.05, 3.63) is 29.8 Å². The normalized spacial score (nSPS) is 15.6. The van der Waals surface area contributed by atoms with E-state index in [4.69, 9.17) is 0 Å². The highest BCUT2D eigenvalue weighted by molar-refractivity contribution is 5.95. The summed E-state index contributed by atoms with van der Waals surface area (Å²) in [4.78, 5) is 26.0. The first-order valence-corrected chi connectivity index (χ1v) is 8.13. The highest BCUT2D eigenvalue weighted by Crippen LogP contribution is 2.16. The number of likely N-dealkylation sites (tertiary alicyclic amines) is 1. The van der Waals surface area contributed by atoms with Crippen LogP contribution in [0.5, 0.6) is 0 Å². The molecule has 1 aliphatic heterocycles. The number of carbonyl (C=O) groups excluding carboxylic acids is 2. The zero-order chi connectivity index (χ0) is 16.8. The fourth-order valence-corrected chi connectivity index (χ4v) is 2.68. The number of hydrogen-bond donors (Lipinski definition) is 3. The Morgan fingerprint density at radius 2 is 1.74 bits per heavy atom. The zero-order valence-electron chi connectivity index (χ0n) is 14.1. The number of hydrogen-bond acceptors (Lipinski definition) is 3. The van der Waals surface area contributed by atoms with Gasteiger partial charge in [0.05, 0.1) is 0 Å². The van der Waals surface area contributed by atoms with Gasteiger partial charge in [-0.2, -0.15) is 0 Å². The number of carbonyl (C=O) groups is 2. The topological polar surface area (TPSA) is 73.5 Å². The maximum Gasteiger partial charge on any atom is 0.319 e. The number of nitrogens with one attached hydrogen (secondary N) is 3. The fourth-order valence-electron chi connectivity index (χ4n) is 2.68. The first kappa shape index (κ1) is 17.3. The quantitative estimate of drug-likeness (QED) is 0.795. The van der Waals surface area contributed by atoms with Crippen LogP contribution in [-0.4, -0.2) is 49.1 Å². The molecule has 6 nitrogen and oxygen atoms in total. The van der Waals surface area contributed by atoms with Crippen molar-refractivity contribution in [3.8, 4) is 0 Å². The summed E-state index contributed by atoms with van der Waals surface area (Å²) in [6, 6.07) is 7.38. The number of nitrogens with zero attached hydrogens (tertiary/aromatic N) is 1. The van der Waals surface area contributed by atoms with Crippen LogP contribution < -0.4 is 16.0 Å². The third kappa shape index (κ3) is 4.96. The molecular formula is C17H26N4O2. The van der Waals surface area contributed by atoms with Crippen LogP contribution in [-0.2, 0) is 0 Å². The number of urea groups is 1. The molecule has 1 aromatic rings. The van der Waals surface area contributed by atoms with Crippen LogP contribution in [0.3, 0.4) is 0 Å². The summed E-state index contributed by atoms with van der Waals surface area (Å²) in [5.41, 5.74) is 1.33. The molecule has 0 atom stereocenters. The Morgan fingerprint density at radius 1 is 1.13 bits per heavy atom. The summed E-state index contributed by atoms with van der Waals surface area (Å²) < 4.78 is 0. The first-order chi connectivity index (χ1) is 11.0. The van der Waals surface area contributed by atoms with Gasteiger partial charge in [0.1, 0.15) is 0 Å². The average Bonchev–Trinajstić information content (AvgIpc) is 2.54. The van der Waals surface area contributed by atoms with E-state index in [1.54, 1.807) is 24.3 Å². The monoisotopic (exact) mass is 318 g/mol. The minimum absolute atomic E-state index is 0.0535. The molecule has 0 spiro atoms. The van der Waals surface area contributed by atoms with Crippen molar-refractivity contribution < 1.29 is 9.59 Å².